The predicted octanol–water partition coefficient (Wildman–Crippen LogP) is 3.36. The molecule has 2 fully saturated rings. The quantitative estimate of drug-likeness (QED) is 0.852. The van der Waals surface area contributed by atoms with Gasteiger partial charge in [-0.2, -0.15) is 0 Å². The zero-order chi connectivity index (χ0) is 15.4. The van der Waals surface area contributed by atoms with Gasteiger partial charge in [0.2, 0.25) is 5.91 Å². The summed E-state index contributed by atoms with van der Waals surface area (Å²) >= 11 is 5.89. The highest BCUT2D eigenvalue weighted by Crippen LogP contribution is 2.23. The third-order valence-electron chi connectivity index (χ3n) is 5.03. The van der Waals surface area contributed by atoms with Gasteiger partial charge in [0, 0.05) is 37.2 Å². The van der Waals surface area contributed by atoms with Gasteiger partial charge < -0.3 is 4.90 Å². The van der Waals surface area contributed by atoms with Crippen LogP contribution >= 0.6 is 11.6 Å². The molecule has 2 aliphatic rings. The second kappa shape index (κ2) is 7.47. The second-order valence-corrected chi connectivity index (χ2v) is 6.95. The molecule has 1 aromatic rings. The van der Waals surface area contributed by atoms with Crippen molar-refractivity contribution in [3.63, 3.8) is 0 Å². The maximum Gasteiger partial charge on any atom is 0.227 e. The number of hydrogen-bond acceptors (Lipinski definition) is 2. The minimum absolute atomic E-state index is 0.241. The summed E-state index contributed by atoms with van der Waals surface area (Å²) < 4.78 is 0. The maximum absolute atomic E-state index is 12.4. The fourth-order valence-electron chi connectivity index (χ4n) is 3.67. The Labute approximate surface area is 138 Å². The number of carbonyl (C=O) groups excluding carboxylic acids is 1. The monoisotopic (exact) mass is 320 g/mol. The van der Waals surface area contributed by atoms with E-state index in [2.05, 4.69) is 4.90 Å². The van der Waals surface area contributed by atoms with Crippen molar-refractivity contribution >= 4 is 17.5 Å². The molecule has 3 nitrogen and oxygen atoms in total. The molecule has 3 rings (SSSR count). The first kappa shape index (κ1) is 15.8. The number of benzene rings is 1. The van der Waals surface area contributed by atoms with E-state index >= 15 is 0 Å². The van der Waals surface area contributed by atoms with Crippen LogP contribution in [0, 0.1) is 0 Å². The number of halogens is 1. The summed E-state index contributed by atoms with van der Waals surface area (Å²) in [6.07, 6.45) is 7.33. The normalized spacial score (nSPS) is 21.0. The van der Waals surface area contributed by atoms with E-state index in [0.29, 0.717) is 6.42 Å². The number of hydrogen-bond donors (Lipinski definition) is 0. The molecule has 4 heteroatoms. The van der Waals surface area contributed by atoms with Gasteiger partial charge in [-0.1, -0.05) is 43.0 Å². The molecule has 1 aliphatic carbocycles. The molecule has 0 unspecified atom stereocenters. The summed E-state index contributed by atoms with van der Waals surface area (Å²) in [5.41, 5.74) is 1.05. The van der Waals surface area contributed by atoms with Gasteiger partial charge >= 0.3 is 0 Å². The number of nitrogens with zero attached hydrogens (tertiary/aromatic N) is 2. The Morgan fingerprint density at radius 3 is 2.27 bits per heavy atom. The highest BCUT2D eigenvalue weighted by molar-refractivity contribution is 6.30. The molecule has 0 radical (unpaired) electrons. The molecule has 1 saturated carbocycles. The Morgan fingerprint density at radius 2 is 1.64 bits per heavy atom. The first-order chi connectivity index (χ1) is 10.7. The van der Waals surface area contributed by atoms with Crippen LogP contribution in [0.1, 0.15) is 37.7 Å². The van der Waals surface area contributed by atoms with Crippen LogP contribution in [-0.2, 0) is 11.2 Å². The molecular formula is C18H25ClN2O. The summed E-state index contributed by atoms with van der Waals surface area (Å²) in [4.78, 5) is 17.0. The fourth-order valence-corrected chi connectivity index (χ4v) is 3.80. The lowest BCUT2D eigenvalue weighted by Crippen LogP contribution is -2.52. The molecule has 1 aromatic carbocycles. The molecule has 0 aromatic heterocycles. The number of rotatable bonds is 3. The smallest absolute Gasteiger partial charge is 0.227 e. The summed E-state index contributed by atoms with van der Waals surface area (Å²) in [5, 5.41) is 0.720. The predicted molar refractivity (Wildman–Crippen MR) is 90.2 cm³/mol. The first-order valence-electron chi connectivity index (χ1n) is 8.48. The summed E-state index contributed by atoms with van der Waals surface area (Å²) in [7, 11) is 0. The largest absolute Gasteiger partial charge is 0.340 e. The van der Waals surface area contributed by atoms with E-state index in [4.69, 9.17) is 11.6 Å². The molecule has 1 heterocycles. The first-order valence-corrected chi connectivity index (χ1v) is 8.86. The fraction of sp³-hybridized carbons (Fsp3) is 0.611. The average molecular weight is 321 g/mol. The Balaban J connectivity index is 1.48. The van der Waals surface area contributed by atoms with Crippen LogP contribution < -0.4 is 0 Å². The van der Waals surface area contributed by atoms with Gasteiger partial charge in [0.05, 0.1) is 6.42 Å². The van der Waals surface area contributed by atoms with Crippen molar-refractivity contribution in [3.8, 4) is 0 Å². The van der Waals surface area contributed by atoms with E-state index in [1.54, 1.807) is 0 Å². The van der Waals surface area contributed by atoms with Crippen LogP contribution in [0.4, 0.5) is 0 Å². The lowest BCUT2D eigenvalue weighted by molar-refractivity contribution is -0.132. The van der Waals surface area contributed by atoms with Crippen LogP contribution in [0.15, 0.2) is 24.3 Å². The van der Waals surface area contributed by atoms with Crippen LogP contribution in [0.25, 0.3) is 0 Å². The van der Waals surface area contributed by atoms with Crippen molar-refractivity contribution < 1.29 is 4.79 Å². The van der Waals surface area contributed by atoms with Crippen molar-refractivity contribution in [2.24, 2.45) is 0 Å². The molecule has 1 saturated heterocycles. The van der Waals surface area contributed by atoms with Gasteiger partial charge in [0.1, 0.15) is 0 Å². The molecular weight excluding hydrogens is 296 g/mol. The summed E-state index contributed by atoms with van der Waals surface area (Å²) in [5.74, 6) is 0.241. The second-order valence-electron chi connectivity index (χ2n) is 6.51. The molecule has 0 bridgehead atoms. The van der Waals surface area contributed by atoms with Crippen LogP contribution in [0.5, 0.6) is 0 Å². The lowest BCUT2D eigenvalue weighted by atomic mass is 9.94. The SMILES string of the molecule is O=C(Cc1ccc(Cl)cc1)N1CCN(C2CCCCC2)CC1. The van der Waals surface area contributed by atoms with Gasteiger partial charge in [-0.3, -0.25) is 9.69 Å². The van der Waals surface area contributed by atoms with E-state index in [-0.39, 0.29) is 5.91 Å². The highest BCUT2D eigenvalue weighted by atomic mass is 35.5. The highest BCUT2D eigenvalue weighted by Gasteiger charge is 2.26. The Kier molecular flexibility index (Phi) is 5.37. The van der Waals surface area contributed by atoms with E-state index in [1.807, 2.05) is 29.2 Å². The zero-order valence-corrected chi connectivity index (χ0v) is 13.9. The summed E-state index contributed by atoms with van der Waals surface area (Å²) in [6, 6.07) is 8.36. The molecule has 1 aliphatic heterocycles. The van der Waals surface area contributed by atoms with Crippen molar-refractivity contribution in [2.45, 2.75) is 44.6 Å². The van der Waals surface area contributed by atoms with Crippen LogP contribution in [-0.4, -0.2) is 47.9 Å². The van der Waals surface area contributed by atoms with Gasteiger partial charge in [-0.15, -0.1) is 0 Å². The van der Waals surface area contributed by atoms with Gasteiger partial charge in [-0.25, -0.2) is 0 Å². The molecule has 0 atom stereocenters. The molecule has 0 N–H and O–H groups in total. The standard InChI is InChI=1S/C18H25ClN2O/c19-16-8-6-15(7-9-16)14-18(22)21-12-10-20(11-13-21)17-4-2-1-3-5-17/h6-9,17H,1-5,10-14H2. The number of piperazine rings is 1. The number of amides is 1. The van der Waals surface area contributed by atoms with Gasteiger partial charge in [-0.05, 0) is 30.5 Å². The maximum atomic E-state index is 12.4. The van der Waals surface area contributed by atoms with E-state index in [1.165, 1.54) is 32.1 Å². The van der Waals surface area contributed by atoms with Crippen molar-refractivity contribution in [1.29, 1.82) is 0 Å². The third-order valence-corrected chi connectivity index (χ3v) is 5.28. The topological polar surface area (TPSA) is 23.6 Å². The Bertz CT molecular complexity index is 488. The van der Waals surface area contributed by atoms with E-state index in [9.17, 15) is 4.79 Å². The minimum atomic E-state index is 0.241. The Morgan fingerprint density at radius 1 is 1.00 bits per heavy atom. The van der Waals surface area contributed by atoms with E-state index in [0.717, 1.165) is 42.8 Å². The van der Waals surface area contributed by atoms with Crippen molar-refractivity contribution in [2.75, 3.05) is 26.2 Å². The van der Waals surface area contributed by atoms with Crippen LogP contribution in [0.3, 0.4) is 0 Å². The van der Waals surface area contributed by atoms with Gasteiger partial charge in [0.15, 0.2) is 0 Å². The third kappa shape index (κ3) is 4.02. The van der Waals surface area contributed by atoms with Gasteiger partial charge in [0.25, 0.3) is 0 Å². The lowest BCUT2D eigenvalue weighted by Gasteiger charge is -2.40. The summed E-state index contributed by atoms with van der Waals surface area (Å²) in [6.45, 7) is 3.83. The van der Waals surface area contributed by atoms with Crippen molar-refractivity contribution in [3.05, 3.63) is 34.9 Å². The van der Waals surface area contributed by atoms with Crippen LogP contribution in [0.2, 0.25) is 5.02 Å². The van der Waals surface area contributed by atoms with E-state index < -0.39 is 0 Å². The number of carbonyl (C=O) groups is 1. The average Bonchev–Trinajstić information content (AvgIpc) is 2.58. The molecule has 0 spiro atoms. The molecule has 1 amide bonds. The van der Waals surface area contributed by atoms with Crippen molar-refractivity contribution in [1.82, 2.24) is 9.80 Å². The zero-order valence-electron chi connectivity index (χ0n) is 13.1. The Hall–Kier alpha value is -1.06. The molecule has 22 heavy (non-hydrogen) atoms. The minimum Gasteiger partial charge on any atom is -0.340 e. The molecule has 120 valence electrons.